The van der Waals surface area contributed by atoms with E-state index in [1.165, 1.54) is 11.5 Å². The van der Waals surface area contributed by atoms with Crippen molar-refractivity contribution in [1.29, 1.82) is 0 Å². The van der Waals surface area contributed by atoms with Gasteiger partial charge in [0.1, 0.15) is 0 Å². The van der Waals surface area contributed by atoms with Gasteiger partial charge in [-0.25, -0.2) is 0 Å². The van der Waals surface area contributed by atoms with E-state index in [-0.39, 0.29) is 37.7 Å². The number of rotatable bonds is 2. The van der Waals surface area contributed by atoms with Crippen LogP contribution in [0.2, 0.25) is 0 Å². The molecule has 0 amide bonds. The van der Waals surface area contributed by atoms with Crippen molar-refractivity contribution in [3.8, 4) is 0 Å². The van der Waals surface area contributed by atoms with Gasteiger partial charge in [-0.1, -0.05) is 39.5 Å². The van der Waals surface area contributed by atoms with Crippen molar-refractivity contribution >= 4 is 11.8 Å². The fourth-order valence-corrected chi connectivity index (χ4v) is 2.93. The van der Waals surface area contributed by atoms with Gasteiger partial charge < -0.3 is 5.32 Å². The Hall–Kier alpha value is 1.57. The summed E-state index contributed by atoms with van der Waals surface area (Å²) < 4.78 is 0. The number of hydrogen-bond acceptors (Lipinski definition) is 1. The molecule has 0 aliphatic carbocycles. The molecule has 83 valence electrons. The molecule has 0 aromatic carbocycles. The standard InChI is InChI=1S/C10H20NS.Ho/c1-7(2)9-5-12-6-10(11-9)8(3)4;/h7-10H,5-6H2,1-4H3;/q-1;. The van der Waals surface area contributed by atoms with Crippen LogP contribution in [-0.4, -0.2) is 23.6 Å². The molecule has 0 aromatic heterocycles. The maximum atomic E-state index is 4.86. The molecule has 0 aromatic rings. The largest absolute Gasteiger partial charge is 0.655 e. The summed E-state index contributed by atoms with van der Waals surface area (Å²) in [4.78, 5) is 0. The number of hydrogen-bond donors (Lipinski definition) is 0. The van der Waals surface area contributed by atoms with Gasteiger partial charge in [0.05, 0.1) is 0 Å². The first kappa shape index (κ1) is 14.6. The maximum Gasteiger partial charge on any atom is 0 e. The Morgan fingerprint density at radius 2 is 1.38 bits per heavy atom. The van der Waals surface area contributed by atoms with Crippen LogP contribution in [0.5, 0.6) is 0 Å². The molecule has 1 aliphatic rings. The van der Waals surface area contributed by atoms with Crippen molar-refractivity contribution in [1.82, 2.24) is 0 Å². The molecule has 2 atom stereocenters. The van der Waals surface area contributed by atoms with E-state index in [1.54, 1.807) is 0 Å². The van der Waals surface area contributed by atoms with Crippen molar-refractivity contribution in [3.05, 3.63) is 5.32 Å². The monoisotopic (exact) mass is 351 g/mol. The van der Waals surface area contributed by atoms with Gasteiger partial charge in [0.25, 0.3) is 0 Å². The van der Waals surface area contributed by atoms with Gasteiger partial charge in [-0.05, 0) is 11.5 Å². The van der Waals surface area contributed by atoms with Crippen LogP contribution in [0.25, 0.3) is 5.32 Å². The molecular formula is C10H20HoNS-. The van der Waals surface area contributed by atoms with E-state index < -0.39 is 0 Å². The van der Waals surface area contributed by atoms with Gasteiger partial charge in [-0.2, -0.15) is 11.8 Å². The fourth-order valence-electron chi connectivity index (χ4n) is 1.37. The molecule has 1 radical (unpaired) electrons. The SMILES string of the molecule is CC(C)C1CSCC(C(C)C)[N-]1.[Ho]. The van der Waals surface area contributed by atoms with Crippen LogP contribution in [0.4, 0.5) is 0 Å². The van der Waals surface area contributed by atoms with E-state index in [0.717, 1.165) is 11.8 Å². The van der Waals surface area contributed by atoms with Crippen LogP contribution >= 0.6 is 11.8 Å². The van der Waals surface area contributed by atoms with Gasteiger partial charge in [-0.3, -0.25) is 0 Å². The third-order valence-corrected chi connectivity index (χ3v) is 3.65. The van der Waals surface area contributed by atoms with Crippen molar-refractivity contribution in [3.63, 3.8) is 0 Å². The fraction of sp³-hybridized carbons (Fsp3) is 1.00. The molecule has 1 rings (SSSR count). The predicted octanol–water partition coefficient (Wildman–Crippen LogP) is 3.16. The summed E-state index contributed by atoms with van der Waals surface area (Å²) in [5.74, 6) is 3.92. The van der Waals surface area contributed by atoms with Crippen LogP contribution in [-0.2, 0) is 0 Å². The minimum Gasteiger partial charge on any atom is -0.655 e. The van der Waals surface area contributed by atoms with E-state index in [1.807, 2.05) is 0 Å². The van der Waals surface area contributed by atoms with Gasteiger partial charge >= 0.3 is 0 Å². The molecule has 0 saturated carbocycles. The molecule has 1 heterocycles. The summed E-state index contributed by atoms with van der Waals surface area (Å²) in [6.07, 6.45) is 0. The van der Waals surface area contributed by atoms with Crippen LogP contribution < -0.4 is 0 Å². The third kappa shape index (κ3) is 4.74. The topological polar surface area (TPSA) is 14.1 Å². The zero-order valence-corrected chi connectivity index (χ0v) is 11.6. The molecule has 0 spiro atoms. The summed E-state index contributed by atoms with van der Waals surface area (Å²) >= 11 is 2.07. The Bertz CT molecular complexity index is 125. The van der Waals surface area contributed by atoms with Gasteiger partial charge in [0, 0.05) is 37.7 Å². The Kier molecular flexibility index (Phi) is 7.78. The molecular weight excluding hydrogens is 331 g/mol. The Morgan fingerprint density at radius 1 is 1.00 bits per heavy atom. The molecule has 1 aliphatic heterocycles. The first-order valence-electron chi connectivity index (χ1n) is 4.89. The molecule has 1 fully saturated rings. The van der Waals surface area contributed by atoms with Crippen LogP contribution in [0.3, 0.4) is 0 Å². The molecule has 0 N–H and O–H groups in total. The van der Waals surface area contributed by atoms with Crippen molar-refractivity contribution in [2.75, 3.05) is 11.5 Å². The van der Waals surface area contributed by atoms with E-state index in [2.05, 4.69) is 39.5 Å². The zero-order chi connectivity index (χ0) is 9.14. The minimum absolute atomic E-state index is 0. The Balaban J connectivity index is 0.00000144. The first-order chi connectivity index (χ1) is 5.61. The Labute approximate surface area is 117 Å². The average Bonchev–Trinajstić information content (AvgIpc) is 2.04. The zero-order valence-electron chi connectivity index (χ0n) is 8.88. The molecule has 3 heteroatoms. The molecule has 13 heavy (non-hydrogen) atoms. The summed E-state index contributed by atoms with van der Waals surface area (Å²) in [7, 11) is 0. The smallest absolute Gasteiger partial charge is 0 e. The molecule has 1 nitrogen and oxygen atoms in total. The second-order valence-corrected chi connectivity index (χ2v) is 5.38. The number of nitrogens with zero attached hydrogens (tertiary/aromatic N) is 1. The maximum absolute atomic E-state index is 4.86. The molecule has 1 saturated heterocycles. The van der Waals surface area contributed by atoms with Crippen molar-refractivity contribution < 1.29 is 37.7 Å². The van der Waals surface area contributed by atoms with E-state index >= 15 is 0 Å². The third-order valence-electron chi connectivity index (χ3n) is 2.50. The average molecular weight is 351 g/mol. The minimum atomic E-state index is 0. The van der Waals surface area contributed by atoms with Gasteiger partial charge in [-0.15, -0.1) is 12.1 Å². The van der Waals surface area contributed by atoms with E-state index in [0.29, 0.717) is 12.1 Å². The Morgan fingerprint density at radius 3 is 1.69 bits per heavy atom. The first-order valence-corrected chi connectivity index (χ1v) is 6.04. The second-order valence-electron chi connectivity index (χ2n) is 4.31. The summed E-state index contributed by atoms with van der Waals surface area (Å²) in [6.45, 7) is 9.10. The number of thioether (sulfide) groups is 1. The summed E-state index contributed by atoms with van der Waals surface area (Å²) in [5, 5.41) is 4.86. The van der Waals surface area contributed by atoms with Crippen molar-refractivity contribution in [2.24, 2.45) is 11.8 Å². The molecule has 0 bridgehead atoms. The second kappa shape index (κ2) is 6.95. The van der Waals surface area contributed by atoms with Gasteiger partial charge in [0.15, 0.2) is 0 Å². The van der Waals surface area contributed by atoms with E-state index in [4.69, 9.17) is 5.32 Å². The van der Waals surface area contributed by atoms with Gasteiger partial charge in [0.2, 0.25) is 0 Å². The van der Waals surface area contributed by atoms with Crippen LogP contribution in [0.15, 0.2) is 0 Å². The van der Waals surface area contributed by atoms with Crippen LogP contribution in [0, 0.1) is 49.6 Å². The quantitative estimate of drug-likeness (QED) is 0.697. The normalized spacial score (nSPS) is 29.1. The molecule has 2 unspecified atom stereocenters. The summed E-state index contributed by atoms with van der Waals surface area (Å²) in [6, 6.07) is 1.22. The van der Waals surface area contributed by atoms with Crippen LogP contribution in [0.1, 0.15) is 27.7 Å². The summed E-state index contributed by atoms with van der Waals surface area (Å²) in [5.41, 5.74) is 0. The van der Waals surface area contributed by atoms with E-state index in [9.17, 15) is 0 Å². The van der Waals surface area contributed by atoms with Crippen molar-refractivity contribution in [2.45, 2.75) is 39.8 Å². The predicted molar refractivity (Wildman–Crippen MR) is 57.9 cm³/mol.